The van der Waals surface area contributed by atoms with E-state index in [9.17, 15) is 14.4 Å². The quantitative estimate of drug-likeness (QED) is 0.509. The van der Waals surface area contributed by atoms with E-state index in [4.69, 9.17) is 9.47 Å². The number of rotatable bonds is 8. The minimum Gasteiger partial charge on any atom is -0.463 e. The molecule has 0 saturated heterocycles. The van der Waals surface area contributed by atoms with Gasteiger partial charge in [-0.2, -0.15) is 0 Å². The lowest BCUT2D eigenvalue weighted by molar-refractivity contribution is -0.141. The van der Waals surface area contributed by atoms with Gasteiger partial charge in [-0.1, -0.05) is 24.6 Å². The zero-order valence-electron chi connectivity index (χ0n) is 16.6. The van der Waals surface area contributed by atoms with Gasteiger partial charge in [0, 0.05) is 4.90 Å². The molecule has 0 bridgehead atoms. The number of hydrogen-bond acceptors (Lipinski definition) is 6. The van der Waals surface area contributed by atoms with E-state index in [0.717, 1.165) is 16.0 Å². The molecule has 2 amide bonds. The summed E-state index contributed by atoms with van der Waals surface area (Å²) in [5.74, 6) is -0.825. The number of amides is 2. The summed E-state index contributed by atoms with van der Waals surface area (Å²) in [6.07, 6.45) is 0.515. The molecular formula is C20H26N2O5S. The number of thioether (sulfide) groups is 1. The molecule has 152 valence electrons. The molecule has 1 atom stereocenters. The van der Waals surface area contributed by atoms with Crippen LogP contribution in [0.5, 0.6) is 0 Å². The van der Waals surface area contributed by atoms with Crippen molar-refractivity contribution >= 4 is 29.7 Å². The molecule has 0 aromatic heterocycles. The lowest BCUT2D eigenvalue weighted by atomic mass is 10.0. The fourth-order valence-electron chi connectivity index (χ4n) is 2.87. The summed E-state index contributed by atoms with van der Waals surface area (Å²) in [6, 6.07) is 5.11. The number of hydrogen-bond donors (Lipinski definition) is 2. The van der Waals surface area contributed by atoms with Gasteiger partial charge in [-0.05, 0) is 38.8 Å². The number of esters is 2. The minimum absolute atomic E-state index is 0.134. The average molecular weight is 407 g/mol. The van der Waals surface area contributed by atoms with Crippen molar-refractivity contribution in [2.75, 3.05) is 19.0 Å². The Morgan fingerprint density at radius 1 is 1.18 bits per heavy atom. The monoisotopic (exact) mass is 406 g/mol. The van der Waals surface area contributed by atoms with Crippen LogP contribution in [0.25, 0.3) is 0 Å². The topological polar surface area (TPSA) is 93.7 Å². The fraction of sp³-hybridized carbons (Fsp3) is 0.450. The number of carbonyl (C=O) groups is 3. The van der Waals surface area contributed by atoms with E-state index in [2.05, 4.69) is 16.7 Å². The number of benzene rings is 1. The molecule has 0 radical (unpaired) electrons. The average Bonchev–Trinajstić information content (AvgIpc) is 2.65. The molecule has 1 aliphatic rings. The Kier molecular flexibility index (Phi) is 7.92. The molecule has 8 heteroatoms. The van der Waals surface area contributed by atoms with Gasteiger partial charge >= 0.3 is 18.0 Å². The van der Waals surface area contributed by atoms with Gasteiger partial charge in [-0.3, -0.25) is 4.79 Å². The zero-order chi connectivity index (χ0) is 20.7. The van der Waals surface area contributed by atoms with Crippen molar-refractivity contribution in [1.29, 1.82) is 0 Å². The Labute approximate surface area is 169 Å². The van der Waals surface area contributed by atoms with E-state index in [1.807, 2.05) is 32.9 Å². The third kappa shape index (κ3) is 5.76. The van der Waals surface area contributed by atoms with E-state index in [1.54, 1.807) is 6.92 Å². The molecule has 1 heterocycles. The molecule has 0 unspecified atom stereocenters. The maximum atomic E-state index is 12.3. The lowest BCUT2D eigenvalue weighted by Crippen LogP contribution is -2.51. The second-order valence-electron chi connectivity index (χ2n) is 6.39. The Balaban J connectivity index is 2.03. The number of ether oxygens (including phenoxy) is 2. The summed E-state index contributed by atoms with van der Waals surface area (Å²) in [4.78, 5) is 37.3. The molecule has 2 N–H and O–H groups in total. The molecule has 1 aliphatic heterocycles. The molecule has 0 spiro atoms. The summed E-state index contributed by atoms with van der Waals surface area (Å²) in [5, 5.41) is 5.24. The molecule has 1 aromatic carbocycles. The van der Waals surface area contributed by atoms with Crippen molar-refractivity contribution in [3.05, 3.63) is 40.6 Å². The van der Waals surface area contributed by atoms with Crippen molar-refractivity contribution in [2.45, 2.75) is 45.1 Å². The zero-order valence-corrected chi connectivity index (χ0v) is 17.4. The summed E-state index contributed by atoms with van der Waals surface area (Å²) >= 11 is 1.39. The van der Waals surface area contributed by atoms with Gasteiger partial charge in [0.05, 0.1) is 29.7 Å². The molecule has 2 rings (SSSR count). The van der Waals surface area contributed by atoms with Crippen LogP contribution in [0.2, 0.25) is 0 Å². The van der Waals surface area contributed by atoms with Crippen LogP contribution < -0.4 is 10.6 Å². The second kappa shape index (κ2) is 10.2. The molecule has 0 saturated carbocycles. The van der Waals surface area contributed by atoms with E-state index in [0.29, 0.717) is 12.0 Å². The Morgan fingerprint density at radius 3 is 2.57 bits per heavy atom. The van der Waals surface area contributed by atoms with E-state index >= 15 is 0 Å². The van der Waals surface area contributed by atoms with Crippen molar-refractivity contribution in [3.63, 3.8) is 0 Å². The number of urea groups is 1. The van der Waals surface area contributed by atoms with Gasteiger partial charge in [-0.15, -0.1) is 11.8 Å². The van der Waals surface area contributed by atoms with Gasteiger partial charge in [0.2, 0.25) is 0 Å². The predicted octanol–water partition coefficient (Wildman–Crippen LogP) is 2.85. The first-order valence-corrected chi connectivity index (χ1v) is 10.2. The van der Waals surface area contributed by atoms with Crippen LogP contribution in [0.3, 0.4) is 0 Å². The lowest BCUT2D eigenvalue weighted by Gasteiger charge is -2.28. The Bertz CT molecular complexity index is 791. The summed E-state index contributed by atoms with van der Waals surface area (Å²) in [5.41, 5.74) is 2.81. The summed E-state index contributed by atoms with van der Waals surface area (Å²) < 4.78 is 10.4. The fourth-order valence-corrected chi connectivity index (χ4v) is 3.68. The van der Waals surface area contributed by atoms with Crippen LogP contribution in [-0.4, -0.2) is 43.0 Å². The number of nitrogens with one attached hydrogen (secondary N) is 2. The van der Waals surface area contributed by atoms with E-state index in [1.165, 1.54) is 11.8 Å². The van der Waals surface area contributed by atoms with Crippen LogP contribution in [0.1, 0.15) is 31.4 Å². The first kappa shape index (κ1) is 21.8. The normalized spacial score (nSPS) is 16.3. The van der Waals surface area contributed by atoms with Crippen LogP contribution in [0.15, 0.2) is 34.4 Å². The molecule has 1 aromatic rings. The van der Waals surface area contributed by atoms with Crippen LogP contribution in [0.4, 0.5) is 4.79 Å². The van der Waals surface area contributed by atoms with Crippen molar-refractivity contribution in [2.24, 2.45) is 0 Å². The maximum absolute atomic E-state index is 12.3. The number of carbonyl (C=O) groups excluding carboxylic acids is 3. The van der Waals surface area contributed by atoms with Gasteiger partial charge < -0.3 is 20.1 Å². The smallest absolute Gasteiger partial charge is 0.338 e. The SMILES string of the molecule is CCOC(=O)C1=C(COC(=O)CSc2ccc(C)cc2C)NC(=O)N[C@H]1CC. The van der Waals surface area contributed by atoms with Gasteiger partial charge in [0.15, 0.2) is 0 Å². The highest BCUT2D eigenvalue weighted by molar-refractivity contribution is 8.00. The number of aryl methyl sites for hydroxylation is 2. The summed E-state index contributed by atoms with van der Waals surface area (Å²) in [7, 11) is 0. The maximum Gasteiger partial charge on any atom is 0.338 e. The molecule has 7 nitrogen and oxygen atoms in total. The molecular weight excluding hydrogens is 380 g/mol. The molecule has 28 heavy (non-hydrogen) atoms. The molecule has 0 fully saturated rings. The van der Waals surface area contributed by atoms with Crippen LogP contribution in [0, 0.1) is 13.8 Å². The van der Waals surface area contributed by atoms with Crippen LogP contribution >= 0.6 is 11.8 Å². The minimum atomic E-state index is -0.530. The largest absolute Gasteiger partial charge is 0.463 e. The highest BCUT2D eigenvalue weighted by atomic mass is 32.2. The first-order chi connectivity index (χ1) is 13.3. The second-order valence-corrected chi connectivity index (χ2v) is 7.41. The highest BCUT2D eigenvalue weighted by Gasteiger charge is 2.31. The third-order valence-electron chi connectivity index (χ3n) is 4.20. The van der Waals surface area contributed by atoms with Gasteiger partial charge in [-0.25, -0.2) is 9.59 Å². The van der Waals surface area contributed by atoms with Gasteiger partial charge in [0.25, 0.3) is 0 Å². The van der Waals surface area contributed by atoms with Crippen molar-refractivity contribution < 1.29 is 23.9 Å². The molecule has 0 aliphatic carbocycles. The highest BCUT2D eigenvalue weighted by Crippen LogP contribution is 2.23. The van der Waals surface area contributed by atoms with Gasteiger partial charge in [0.1, 0.15) is 6.61 Å². The Hall–Kier alpha value is -2.48. The van der Waals surface area contributed by atoms with E-state index < -0.39 is 24.0 Å². The standard InChI is InChI=1S/C20H26N2O5S/c1-5-14-18(19(24)26-6-2)15(22-20(25)21-14)10-27-17(23)11-28-16-8-7-12(3)9-13(16)4/h7-9,14H,5-6,10-11H2,1-4H3,(H2,21,22,25)/t14-/m0/s1. The Morgan fingerprint density at radius 2 is 1.93 bits per heavy atom. The van der Waals surface area contributed by atoms with Crippen LogP contribution in [-0.2, 0) is 19.1 Å². The first-order valence-electron chi connectivity index (χ1n) is 9.19. The van der Waals surface area contributed by atoms with Crippen molar-refractivity contribution in [3.8, 4) is 0 Å². The predicted molar refractivity (Wildman–Crippen MR) is 107 cm³/mol. The third-order valence-corrected chi connectivity index (χ3v) is 5.35. The van der Waals surface area contributed by atoms with E-state index in [-0.39, 0.29) is 24.7 Å². The summed E-state index contributed by atoms with van der Waals surface area (Å²) in [6.45, 7) is 7.59. The van der Waals surface area contributed by atoms with Crippen molar-refractivity contribution in [1.82, 2.24) is 10.6 Å².